The molecule has 0 radical (unpaired) electrons. The van der Waals surface area contributed by atoms with Crippen LogP contribution in [0.4, 0.5) is 5.82 Å². The van der Waals surface area contributed by atoms with Gasteiger partial charge in [0, 0.05) is 25.8 Å². The lowest BCUT2D eigenvalue weighted by Crippen LogP contribution is -2.45. The number of aromatic nitrogens is 1. The Hall–Kier alpha value is -1.33. The number of anilines is 1. The first-order chi connectivity index (χ1) is 9.83. The largest absolute Gasteiger partial charge is 0.490 e. The van der Waals surface area contributed by atoms with E-state index in [0.29, 0.717) is 6.61 Å². The van der Waals surface area contributed by atoms with Crippen LogP contribution in [0.3, 0.4) is 0 Å². The third-order valence-corrected chi connectivity index (χ3v) is 3.40. The summed E-state index contributed by atoms with van der Waals surface area (Å²) in [7, 11) is 0. The Labute approximate surface area is 121 Å². The Kier molecular flexibility index (Phi) is 6.08. The minimum atomic E-state index is 0.213. The zero-order valence-electron chi connectivity index (χ0n) is 12.5. The topological polar surface area (TPSA) is 46.6 Å². The fourth-order valence-corrected chi connectivity index (χ4v) is 2.25. The molecule has 0 saturated carbocycles. The lowest BCUT2D eigenvalue weighted by atomic mass is 10.2. The van der Waals surface area contributed by atoms with Crippen molar-refractivity contribution in [2.24, 2.45) is 0 Å². The molecule has 0 aliphatic carbocycles. The van der Waals surface area contributed by atoms with Gasteiger partial charge >= 0.3 is 0 Å². The van der Waals surface area contributed by atoms with Gasteiger partial charge in [-0.25, -0.2) is 4.98 Å². The Morgan fingerprint density at radius 3 is 3.20 bits per heavy atom. The van der Waals surface area contributed by atoms with Gasteiger partial charge in [-0.2, -0.15) is 0 Å². The second-order valence-electron chi connectivity index (χ2n) is 4.97. The summed E-state index contributed by atoms with van der Waals surface area (Å²) < 4.78 is 11.5. The third-order valence-electron chi connectivity index (χ3n) is 3.40. The Bertz CT molecular complexity index is 400. The number of pyridine rings is 1. The van der Waals surface area contributed by atoms with Crippen molar-refractivity contribution in [1.82, 2.24) is 9.88 Å². The van der Waals surface area contributed by atoms with Gasteiger partial charge in [0.1, 0.15) is 0 Å². The van der Waals surface area contributed by atoms with Gasteiger partial charge in [-0.3, -0.25) is 4.90 Å². The van der Waals surface area contributed by atoms with Crippen LogP contribution < -0.4 is 10.1 Å². The van der Waals surface area contributed by atoms with Gasteiger partial charge in [-0.05, 0) is 25.1 Å². The molecule has 0 bridgehead atoms. The fraction of sp³-hybridized carbons (Fsp3) is 0.667. The van der Waals surface area contributed by atoms with E-state index in [1.165, 1.54) is 0 Å². The highest BCUT2D eigenvalue weighted by Gasteiger charge is 2.19. The molecule has 0 spiro atoms. The van der Waals surface area contributed by atoms with Crippen LogP contribution in [0.2, 0.25) is 0 Å². The second kappa shape index (κ2) is 8.07. The van der Waals surface area contributed by atoms with E-state index in [1.807, 2.05) is 12.1 Å². The first kappa shape index (κ1) is 15.1. The van der Waals surface area contributed by atoms with E-state index in [4.69, 9.17) is 9.47 Å². The molecule has 112 valence electrons. The van der Waals surface area contributed by atoms with Gasteiger partial charge in [0.25, 0.3) is 0 Å². The highest BCUT2D eigenvalue weighted by molar-refractivity contribution is 5.49. The van der Waals surface area contributed by atoms with Crippen molar-refractivity contribution in [3.05, 3.63) is 18.3 Å². The molecule has 2 rings (SSSR count). The number of nitrogens with one attached hydrogen (secondary N) is 1. The van der Waals surface area contributed by atoms with Crippen LogP contribution in [0.5, 0.6) is 5.75 Å². The van der Waals surface area contributed by atoms with Crippen LogP contribution in [0.1, 0.15) is 20.3 Å². The number of hydrogen-bond donors (Lipinski definition) is 1. The van der Waals surface area contributed by atoms with E-state index in [1.54, 1.807) is 6.20 Å². The smallest absolute Gasteiger partial charge is 0.168 e. The molecule has 2 heterocycles. The normalized spacial score (nSPS) is 19.8. The zero-order chi connectivity index (χ0) is 14.2. The molecule has 1 N–H and O–H groups in total. The predicted molar refractivity (Wildman–Crippen MR) is 80.4 cm³/mol. The zero-order valence-corrected chi connectivity index (χ0v) is 12.5. The summed E-state index contributed by atoms with van der Waals surface area (Å²) in [4.78, 5) is 6.76. The van der Waals surface area contributed by atoms with Crippen molar-refractivity contribution in [2.45, 2.75) is 26.4 Å². The van der Waals surface area contributed by atoms with Crippen LogP contribution >= 0.6 is 0 Å². The molecule has 1 atom stereocenters. The molecule has 1 unspecified atom stereocenters. The van der Waals surface area contributed by atoms with Crippen molar-refractivity contribution in [3.63, 3.8) is 0 Å². The van der Waals surface area contributed by atoms with Crippen molar-refractivity contribution in [1.29, 1.82) is 0 Å². The van der Waals surface area contributed by atoms with Gasteiger partial charge in [-0.15, -0.1) is 0 Å². The lowest BCUT2D eigenvalue weighted by molar-refractivity contribution is -0.0192. The number of morpholine rings is 1. The number of hydrogen-bond acceptors (Lipinski definition) is 5. The Balaban J connectivity index is 1.86. The molecule has 5 nitrogen and oxygen atoms in total. The number of nitrogens with zero attached hydrogens (tertiary/aromatic N) is 2. The van der Waals surface area contributed by atoms with Gasteiger partial charge in [0.15, 0.2) is 11.6 Å². The predicted octanol–water partition coefficient (Wildman–Crippen LogP) is 2.00. The summed E-state index contributed by atoms with van der Waals surface area (Å²) >= 11 is 0. The van der Waals surface area contributed by atoms with E-state index in [-0.39, 0.29) is 6.10 Å². The van der Waals surface area contributed by atoms with Gasteiger partial charge in [0.2, 0.25) is 0 Å². The first-order valence-corrected chi connectivity index (χ1v) is 7.49. The quantitative estimate of drug-likeness (QED) is 0.827. The summed E-state index contributed by atoms with van der Waals surface area (Å²) in [6.45, 7) is 9.64. The molecule has 1 aliphatic rings. The molecule has 20 heavy (non-hydrogen) atoms. The summed E-state index contributed by atoms with van der Waals surface area (Å²) in [6.07, 6.45) is 2.98. The second-order valence-corrected chi connectivity index (χ2v) is 4.97. The molecule has 0 aromatic carbocycles. The summed E-state index contributed by atoms with van der Waals surface area (Å²) in [5.41, 5.74) is 0. The highest BCUT2D eigenvalue weighted by atomic mass is 16.5. The van der Waals surface area contributed by atoms with Crippen molar-refractivity contribution >= 4 is 5.82 Å². The molecule has 1 fully saturated rings. The summed E-state index contributed by atoms with van der Waals surface area (Å²) in [5, 5.41) is 3.35. The summed E-state index contributed by atoms with van der Waals surface area (Å²) in [5.74, 6) is 1.62. The Morgan fingerprint density at radius 1 is 1.50 bits per heavy atom. The Morgan fingerprint density at radius 2 is 2.40 bits per heavy atom. The molecule has 1 aliphatic heterocycles. The highest BCUT2D eigenvalue weighted by Crippen LogP contribution is 2.21. The molecule has 1 saturated heterocycles. The maximum atomic E-state index is 5.78. The van der Waals surface area contributed by atoms with Crippen LogP contribution in [0.25, 0.3) is 0 Å². The van der Waals surface area contributed by atoms with Crippen molar-refractivity contribution in [2.75, 3.05) is 44.7 Å². The van der Waals surface area contributed by atoms with Crippen LogP contribution in [-0.4, -0.2) is 55.4 Å². The molecule has 0 amide bonds. The van der Waals surface area contributed by atoms with Crippen LogP contribution in [0.15, 0.2) is 18.3 Å². The van der Waals surface area contributed by atoms with Gasteiger partial charge in [0.05, 0.1) is 19.3 Å². The molecular weight excluding hydrogens is 254 g/mol. The van der Waals surface area contributed by atoms with Gasteiger partial charge in [-0.1, -0.05) is 13.8 Å². The van der Waals surface area contributed by atoms with Crippen LogP contribution in [0, 0.1) is 0 Å². The lowest BCUT2D eigenvalue weighted by Gasteiger charge is -2.32. The average molecular weight is 279 g/mol. The fourth-order valence-electron chi connectivity index (χ4n) is 2.25. The number of rotatable bonds is 7. The molecular formula is C15H25N3O2. The maximum absolute atomic E-state index is 5.78. The van der Waals surface area contributed by atoms with Gasteiger partial charge < -0.3 is 14.8 Å². The molecule has 5 heteroatoms. The van der Waals surface area contributed by atoms with E-state index in [0.717, 1.165) is 50.8 Å². The SMILES string of the molecule is CCCOc1cccnc1NCC1CN(CC)CCO1. The number of likely N-dealkylation sites (N-methyl/N-ethyl adjacent to an activating group) is 1. The standard InChI is InChI=1S/C15H25N3O2/c1-3-9-20-14-6-5-7-16-15(14)17-11-13-12-18(4-2)8-10-19-13/h5-7,13H,3-4,8-12H2,1-2H3,(H,16,17). The van der Waals surface area contributed by atoms with E-state index >= 15 is 0 Å². The average Bonchev–Trinajstić information content (AvgIpc) is 2.52. The molecule has 1 aromatic heterocycles. The van der Waals surface area contributed by atoms with Crippen LogP contribution in [-0.2, 0) is 4.74 Å². The maximum Gasteiger partial charge on any atom is 0.168 e. The number of ether oxygens (including phenoxy) is 2. The van der Waals surface area contributed by atoms with Crippen molar-refractivity contribution < 1.29 is 9.47 Å². The van der Waals surface area contributed by atoms with E-state index in [9.17, 15) is 0 Å². The van der Waals surface area contributed by atoms with E-state index in [2.05, 4.69) is 29.0 Å². The minimum absolute atomic E-state index is 0.213. The first-order valence-electron chi connectivity index (χ1n) is 7.49. The summed E-state index contributed by atoms with van der Waals surface area (Å²) in [6, 6.07) is 3.84. The monoisotopic (exact) mass is 279 g/mol. The van der Waals surface area contributed by atoms with Crippen molar-refractivity contribution in [3.8, 4) is 5.75 Å². The minimum Gasteiger partial charge on any atom is -0.490 e. The third kappa shape index (κ3) is 4.35. The van der Waals surface area contributed by atoms with E-state index < -0.39 is 0 Å². The molecule has 1 aromatic rings.